The fourth-order valence-corrected chi connectivity index (χ4v) is 1.97. The van der Waals surface area contributed by atoms with Crippen molar-refractivity contribution < 1.29 is 9.53 Å². The van der Waals surface area contributed by atoms with Crippen LogP contribution in [0.25, 0.3) is 0 Å². The molecule has 0 aromatic heterocycles. The lowest BCUT2D eigenvalue weighted by Gasteiger charge is -2.36. The van der Waals surface area contributed by atoms with Gasteiger partial charge in [-0.2, -0.15) is 11.1 Å². The molecule has 0 saturated carbocycles. The molecule has 0 aliphatic carbocycles. The molecule has 0 unspecified atom stereocenters. The molecule has 0 spiro atoms. The lowest BCUT2D eigenvalue weighted by Crippen LogP contribution is -2.41. The number of aliphatic hydroxyl groups is 1. The standard InChI is InChI=1S/C9H21ClOSi.C6H15ClSi.C3H7ClO/c1-9(2,3)12(4,5)11-8-6-7-10;1-6(2,3)8(4,5)7;4-2-1-3-5/h6-8H2,1-5H3;1-5H3;5H,1-3H2. The monoisotopic (exact) mass is 452 g/mol. The molecule has 0 rings (SSSR count). The van der Waals surface area contributed by atoms with Crippen molar-refractivity contribution >= 4 is 50.0 Å². The van der Waals surface area contributed by atoms with E-state index >= 15 is 0 Å². The molecule has 156 valence electrons. The number of halogens is 3. The minimum Gasteiger partial charge on any atom is -0.417 e. The first-order valence-electron chi connectivity index (χ1n) is 9.03. The minimum absolute atomic E-state index is 0.212. The summed E-state index contributed by atoms with van der Waals surface area (Å²) in [5.41, 5.74) is 0. The summed E-state index contributed by atoms with van der Waals surface area (Å²) >= 11 is 16.9. The van der Waals surface area contributed by atoms with E-state index in [9.17, 15) is 0 Å². The summed E-state index contributed by atoms with van der Waals surface area (Å²) in [6.07, 6.45) is 1.68. The van der Waals surface area contributed by atoms with E-state index in [2.05, 4.69) is 67.7 Å². The largest absolute Gasteiger partial charge is 0.417 e. The highest BCUT2D eigenvalue weighted by atomic mass is 35.6. The highest BCUT2D eigenvalue weighted by molar-refractivity contribution is 7.20. The van der Waals surface area contributed by atoms with Crippen LogP contribution in [0.3, 0.4) is 0 Å². The van der Waals surface area contributed by atoms with Crippen LogP contribution in [0.1, 0.15) is 54.4 Å². The van der Waals surface area contributed by atoms with Crippen LogP contribution in [0.2, 0.25) is 36.3 Å². The van der Waals surface area contributed by atoms with E-state index in [-0.39, 0.29) is 6.61 Å². The van der Waals surface area contributed by atoms with Crippen LogP contribution in [-0.2, 0) is 4.43 Å². The third-order valence-corrected chi connectivity index (χ3v) is 15.0. The molecule has 0 atom stereocenters. The smallest absolute Gasteiger partial charge is 0.191 e. The van der Waals surface area contributed by atoms with Crippen LogP contribution >= 0.6 is 34.3 Å². The molecule has 0 fully saturated rings. The van der Waals surface area contributed by atoms with E-state index in [1.807, 2.05) is 0 Å². The molecule has 0 amide bonds. The molecule has 0 heterocycles. The first-order valence-corrected chi connectivity index (χ1v) is 17.0. The van der Waals surface area contributed by atoms with E-state index in [1.165, 1.54) is 0 Å². The molecule has 0 aromatic rings. The van der Waals surface area contributed by atoms with Crippen molar-refractivity contribution in [1.29, 1.82) is 0 Å². The highest BCUT2D eigenvalue weighted by Gasteiger charge is 2.36. The predicted octanol–water partition coefficient (Wildman–Crippen LogP) is 7.48. The predicted molar refractivity (Wildman–Crippen MR) is 124 cm³/mol. The lowest BCUT2D eigenvalue weighted by molar-refractivity contribution is 0.289. The van der Waals surface area contributed by atoms with E-state index in [4.69, 9.17) is 43.8 Å². The zero-order valence-corrected chi connectivity index (χ0v) is 22.5. The van der Waals surface area contributed by atoms with Crippen molar-refractivity contribution in [3.05, 3.63) is 0 Å². The molecule has 0 aliphatic heterocycles. The number of rotatable bonds is 6. The van der Waals surface area contributed by atoms with Gasteiger partial charge in [0.05, 0.1) is 0 Å². The summed E-state index contributed by atoms with van der Waals surface area (Å²) < 4.78 is 5.89. The molecule has 0 saturated heterocycles. The second-order valence-electron chi connectivity index (χ2n) is 9.14. The Morgan fingerprint density at radius 2 is 1.16 bits per heavy atom. The van der Waals surface area contributed by atoms with Crippen LogP contribution < -0.4 is 0 Å². The summed E-state index contributed by atoms with van der Waals surface area (Å²) in [5, 5.41) is 8.64. The second-order valence-corrected chi connectivity index (χ2v) is 22.0. The molecule has 7 heteroatoms. The summed E-state index contributed by atoms with van der Waals surface area (Å²) in [6.45, 7) is 23.3. The van der Waals surface area contributed by atoms with Crippen LogP contribution in [0, 0.1) is 0 Å². The number of alkyl halides is 2. The van der Waals surface area contributed by atoms with Gasteiger partial charge in [0.15, 0.2) is 15.7 Å². The van der Waals surface area contributed by atoms with Crippen molar-refractivity contribution in [2.75, 3.05) is 25.0 Å². The Morgan fingerprint density at radius 3 is 1.32 bits per heavy atom. The zero-order chi connectivity index (χ0) is 20.9. The first-order chi connectivity index (χ1) is 11.0. The maximum atomic E-state index is 7.98. The van der Waals surface area contributed by atoms with E-state index in [1.54, 1.807) is 0 Å². The maximum Gasteiger partial charge on any atom is 0.191 e. The highest BCUT2D eigenvalue weighted by Crippen LogP contribution is 2.38. The van der Waals surface area contributed by atoms with Gasteiger partial charge in [-0.1, -0.05) is 54.6 Å². The van der Waals surface area contributed by atoms with E-state index in [0.717, 1.165) is 13.0 Å². The Bertz CT molecular complexity index is 293. The van der Waals surface area contributed by atoms with Crippen LogP contribution in [0.15, 0.2) is 0 Å². The minimum atomic E-state index is -1.50. The molecule has 2 nitrogen and oxygen atoms in total. The lowest BCUT2D eigenvalue weighted by atomic mass is 10.2. The number of hydrogen-bond donors (Lipinski definition) is 1. The molecular formula is C18H43Cl3O2Si2. The Balaban J connectivity index is -0.000000321. The maximum absolute atomic E-state index is 7.98. The van der Waals surface area contributed by atoms with Gasteiger partial charge >= 0.3 is 0 Å². The van der Waals surface area contributed by atoms with Gasteiger partial charge in [-0.3, -0.25) is 0 Å². The van der Waals surface area contributed by atoms with Gasteiger partial charge in [0, 0.05) is 25.0 Å². The van der Waals surface area contributed by atoms with Crippen LogP contribution in [0.4, 0.5) is 0 Å². The van der Waals surface area contributed by atoms with Gasteiger partial charge in [0.1, 0.15) is 0 Å². The van der Waals surface area contributed by atoms with Crippen molar-refractivity contribution in [3.63, 3.8) is 0 Å². The summed E-state index contributed by atoms with van der Waals surface area (Å²) in [7, 11) is -2.89. The number of hydrogen-bond acceptors (Lipinski definition) is 2. The SMILES string of the molecule is CC(C)(C)[Si](C)(C)Cl.CC(C)(C)[Si](C)(C)OCCCCl.OCCCCl. The Morgan fingerprint density at radius 1 is 0.800 bits per heavy atom. The fourth-order valence-electron chi connectivity index (χ4n) is 0.658. The van der Waals surface area contributed by atoms with Crippen molar-refractivity contribution in [2.45, 2.75) is 90.6 Å². The topological polar surface area (TPSA) is 29.5 Å². The van der Waals surface area contributed by atoms with Crippen LogP contribution in [-0.4, -0.2) is 45.8 Å². The molecule has 0 aromatic carbocycles. The molecular weight excluding hydrogens is 411 g/mol. The van der Waals surface area contributed by atoms with Gasteiger partial charge < -0.3 is 9.53 Å². The Hall–Kier alpha value is 1.22. The third kappa shape index (κ3) is 18.4. The second kappa shape index (κ2) is 14.3. The molecule has 0 radical (unpaired) electrons. The average Bonchev–Trinajstić information content (AvgIpc) is 2.37. The van der Waals surface area contributed by atoms with Crippen molar-refractivity contribution in [3.8, 4) is 0 Å². The summed E-state index contributed by atoms with van der Waals surface area (Å²) in [4.78, 5) is 0. The van der Waals surface area contributed by atoms with Gasteiger partial charge in [-0.25, -0.2) is 0 Å². The Kier molecular flexibility index (Phi) is 17.6. The molecule has 25 heavy (non-hydrogen) atoms. The van der Waals surface area contributed by atoms with Crippen molar-refractivity contribution in [2.24, 2.45) is 0 Å². The first kappa shape index (κ1) is 30.9. The molecule has 0 bridgehead atoms. The van der Waals surface area contributed by atoms with Gasteiger partial charge in [0.25, 0.3) is 0 Å². The van der Waals surface area contributed by atoms with Crippen molar-refractivity contribution in [1.82, 2.24) is 0 Å². The van der Waals surface area contributed by atoms with Gasteiger partial charge in [-0.05, 0) is 36.0 Å². The van der Waals surface area contributed by atoms with E-state index in [0.29, 0.717) is 28.3 Å². The van der Waals surface area contributed by atoms with Crippen LogP contribution in [0.5, 0.6) is 0 Å². The quantitative estimate of drug-likeness (QED) is 0.195. The summed E-state index contributed by atoms with van der Waals surface area (Å²) in [6, 6.07) is 0. The summed E-state index contributed by atoms with van der Waals surface area (Å²) in [5.74, 6) is 1.27. The number of aliphatic hydroxyl groups excluding tert-OH is 1. The fraction of sp³-hybridized carbons (Fsp3) is 1.00. The molecule has 0 aliphatic rings. The van der Waals surface area contributed by atoms with Gasteiger partial charge in [0.2, 0.25) is 0 Å². The third-order valence-electron chi connectivity index (χ3n) is 4.62. The normalized spacial score (nSPS) is 12.7. The zero-order valence-electron chi connectivity index (χ0n) is 18.2. The van der Waals surface area contributed by atoms with E-state index < -0.39 is 15.7 Å². The average molecular weight is 454 g/mol. The molecule has 1 N–H and O–H groups in total. The Labute approximate surface area is 174 Å². The van der Waals surface area contributed by atoms with Gasteiger partial charge in [-0.15, -0.1) is 23.2 Å².